The molecule has 6 nitrogen and oxygen atoms in total. The predicted octanol–water partition coefficient (Wildman–Crippen LogP) is 5.14. The second-order valence-electron chi connectivity index (χ2n) is 7.35. The Balaban J connectivity index is 1.79. The smallest absolute Gasteiger partial charge is 0.339 e. The van der Waals surface area contributed by atoms with Crippen LogP contribution < -0.4 is 5.32 Å². The number of nitrogens with zero attached hydrogens (tertiary/aromatic N) is 3. The number of aromatic nitrogens is 3. The van der Waals surface area contributed by atoms with E-state index in [1.54, 1.807) is 20.8 Å². The number of alkyl halides is 3. The molecular formula is C20H21F3N4O2S. The lowest BCUT2D eigenvalue weighted by Crippen LogP contribution is -2.41. The minimum absolute atomic E-state index is 0.365. The summed E-state index contributed by atoms with van der Waals surface area (Å²) in [5.41, 5.74) is -0.612. The second kappa shape index (κ2) is 8.17. The fraction of sp³-hybridized carbons (Fsp3) is 0.400. The van der Waals surface area contributed by atoms with Gasteiger partial charge in [0, 0.05) is 12.0 Å². The highest BCUT2D eigenvalue weighted by molar-refractivity contribution is 7.17. The molecule has 160 valence electrons. The van der Waals surface area contributed by atoms with Crippen LogP contribution in [0.4, 0.5) is 13.2 Å². The first kappa shape index (κ1) is 21.9. The fourth-order valence-electron chi connectivity index (χ4n) is 2.75. The van der Waals surface area contributed by atoms with E-state index in [4.69, 9.17) is 4.52 Å². The Kier molecular flexibility index (Phi) is 5.98. The van der Waals surface area contributed by atoms with Crippen LogP contribution >= 0.6 is 11.3 Å². The highest BCUT2D eigenvalue weighted by Crippen LogP contribution is 2.33. The van der Waals surface area contributed by atoms with Crippen molar-refractivity contribution < 1.29 is 22.5 Å². The van der Waals surface area contributed by atoms with Crippen LogP contribution in [0.15, 0.2) is 28.8 Å². The largest absolute Gasteiger partial charge is 0.416 e. The van der Waals surface area contributed by atoms with Crippen molar-refractivity contribution in [2.45, 2.75) is 52.3 Å². The van der Waals surface area contributed by atoms with E-state index >= 15 is 0 Å². The Labute approximate surface area is 175 Å². The maximum Gasteiger partial charge on any atom is 0.416 e. The van der Waals surface area contributed by atoms with E-state index in [0.29, 0.717) is 39.3 Å². The zero-order valence-electron chi connectivity index (χ0n) is 16.9. The number of thiazole rings is 1. The van der Waals surface area contributed by atoms with Gasteiger partial charge in [0.05, 0.1) is 16.8 Å². The molecule has 0 aliphatic rings. The van der Waals surface area contributed by atoms with E-state index in [0.717, 1.165) is 29.9 Å². The van der Waals surface area contributed by atoms with Crippen molar-refractivity contribution in [3.05, 3.63) is 52.1 Å². The minimum Gasteiger partial charge on any atom is -0.339 e. The normalized spacial score (nSPS) is 12.2. The van der Waals surface area contributed by atoms with Gasteiger partial charge in [-0.3, -0.25) is 4.79 Å². The molecule has 0 saturated heterocycles. The first-order valence-electron chi connectivity index (χ1n) is 9.32. The summed E-state index contributed by atoms with van der Waals surface area (Å²) in [6, 6.07) is 4.70. The van der Waals surface area contributed by atoms with Crippen molar-refractivity contribution >= 4 is 17.2 Å². The van der Waals surface area contributed by atoms with Gasteiger partial charge in [-0.15, -0.1) is 11.3 Å². The van der Waals surface area contributed by atoms with Crippen molar-refractivity contribution in [2.24, 2.45) is 0 Å². The number of carbonyl (C=O) groups excluding carboxylic acids is 1. The lowest BCUT2D eigenvalue weighted by molar-refractivity contribution is -0.137. The van der Waals surface area contributed by atoms with Crippen LogP contribution in [0.2, 0.25) is 0 Å². The molecule has 1 aromatic carbocycles. The molecule has 0 saturated carbocycles. The maximum absolute atomic E-state index is 12.8. The number of halogens is 3. The third-order valence-corrected chi connectivity index (χ3v) is 5.58. The summed E-state index contributed by atoms with van der Waals surface area (Å²) in [6.07, 6.45) is -2.89. The van der Waals surface area contributed by atoms with Crippen molar-refractivity contribution in [3.8, 4) is 10.6 Å². The molecule has 0 unspecified atom stereocenters. The zero-order chi connectivity index (χ0) is 22.1. The molecule has 0 atom stereocenters. The Bertz CT molecular complexity index is 1040. The predicted molar refractivity (Wildman–Crippen MR) is 106 cm³/mol. The molecule has 0 aliphatic heterocycles. The van der Waals surface area contributed by atoms with E-state index in [1.165, 1.54) is 12.1 Å². The van der Waals surface area contributed by atoms with Gasteiger partial charge in [-0.2, -0.15) is 18.2 Å². The molecule has 0 bridgehead atoms. The van der Waals surface area contributed by atoms with Crippen molar-refractivity contribution in [1.29, 1.82) is 0 Å². The second-order valence-corrected chi connectivity index (χ2v) is 8.35. The van der Waals surface area contributed by atoms with Gasteiger partial charge in [0.25, 0.3) is 5.91 Å². The van der Waals surface area contributed by atoms with E-state index in [2.05, 4.69) is 20.4 Å². The average molecular weight is 438 g/mol. The Morgan fingerprint density at radius 1 is 1.17 bits per heavy atom. The van der Waals surface area contributed by atoms with Crippen LogP contribution in [0.3, 0.4) is 0 Å². The fourth-order valence-corrected chi connectivity index (χ4v) is 3.72. The molecule has 1 amide bonds. The number of hydrogen-bond donors (Lipinski definition) is 1. The summed E-state index contributed by atoms with van der Waals surface area (Å²) in [4.78, 5) is 21.9. The van der Waals surface area contributed by atoms with Gasteiger partial charge < -0.3 is 9.84 Å². The summed E-state index contributed by atoms with van der Waals surface area (Å²) < 4.78 is 43.5. The summed E-state index contributed by atoms with van der Waals surface area (Å²) in [7, 11) is 0. The lowest BCUT2D eigenvalue weighted by atomic mass is 10.0. The van der Waals surface area contributed by atoms with E-state index in [-0.39, 0.29) is 5.91 Å². The molecule has 0 spiro atoms. The van der Waals surface area contributed by atoms with Gasteiger partial charge in [0.2, 0.25) is 5.89 Å². The number of nitrogens with one attached hydrogen (secondary N) is 1. The van der Waals surface area contributed by atoms with Crippen molar-refractivity contribution in [3.63, 3.8) is 0 Å². The van der Waals surface area contributed by atoms with Gasteiger partial charge in [0.1, 0.15) is 9.88 Å². The van der Waals surface area contributed by atoms with Crippen LogP contribution in [0.5, 0.6) is 0 Å². The van der Waals surface area contributed by atoms with Crippen molar-refractivity contribution in [1.82, 2.24) is 20.4 Å². The monoisotopic (exact) mass is 438 g/mol. The van der Waals surface area contributed by atoms with Gasteiger partial charge in [-0.1, -0.05) is 24.2 Å². The molecule has 2 aromatic heterocycles. The molecule has 3 rings (SSSR count). The average Bonchev–Trinajstić information content (AvgIpc) is 3.28. The quantitative estimate of drug-likeness (QED) is 0.577. The summed E-state index contributed by atoms with van der Waals surface area (Å²) in [5.74, 6) is 0.507. The molecule has 10 heteroatoms. The summed E-state index contributed by atoms with van der Waals surface area (Å²) in [6.45, 7) is 7.20. The molecule has 30 heavy (non-hydrogen) atoms. The topological polar surface area (TPSA) is 80.9 Å². The Morgan fingerprint density at radius 2 is 1.83 bits per heavy atom. The first-order chi connectivity index (χ1) is 14.0. The van der Waals surface area contributed by atoms with Crippen LogP contribution in [0.1, 0.15) is 59.8 Å². The summed E-state index contributed by atoms with van der Waals surface area (Å²) >= 11 is 1.11. The molecular weight excluding hydrogens is 417 g/mol. The number of benzene rings is 1. The number of aryl methyl sites for hydroxylation is 2. The van der Waals surface area contributed by atoms with Crippen LogP contribution in [-0.2, 0) is 18.1 Å². The highest BCUT2D eigenvalue weighted by atomic mass is 32.1. The maximum atomic E-state index is 12.8. The minimum atomic E-state index is -4.40. The van der Waals surface area contributed by atoms with Crippen molar-refractivity contribution in [2.75, 3.05) is 0 Å². The number of amides is 1. The number of carbonyl (C=O) groups is 1. The molecule has 0 radical (unpaired) electrons. The van der Waals surface area contributed by atoms with Crippen LogP contribution in [-0.4, -0.2) is 21.0 Å². The first-order valence-corrected chi connectivity index (χ1v) is 10.1. The molecule has 1 N–H and O–H groups in total. The molecule has 0 fully saturated rings. The number of rotatable bonds is 6. The van der Waals surface area contributed by atoms with Gasteiger partial charge in [-0.25, -0.2) is 4.98 Å². The third-order valence-electron chi connectivity index (χ3n) is 4.38. The lowest BCUT2D eigenvalue weighted by Gasteiger charge is -2.21. The highest BCUT2D eigenvalue weighted by Gasteiger charge is 2.31. The van der Waals surface area contributed by atoms with E-state index in [1.807, 2.05) is 6.92 Å². The Hall–Kier alpha value is -2.75. The number of hydrogen-bond acceptors (Lipinski definition) is 6. The third kappa shape index (κ3) is 4.69. The van der Waals surface area contributed by atoms with Gasteiger partial charge >= 0.3 is 6.18 Å². The van der Waals surface area contributed by atoms with Crippen LogP contribution in [0.25, 0.3) is 10.6 Å². The zero-order valence-corrected chi connectivity index (χ0v) is 17.7. The summed E-state index contributed by atoms with van der Waals surface area (Å²) in [5, 5.41) is 7.29. The standard InChI is InChI=1S/C20H21F3N4O2S/c1-5-6-14-25-18(27-29-14)19(3,4)26-16(28)15-11(2)24-17(30-15)12-7-9-13(10-8-12)20(21,22)23/h7-10H,5-6H2,1-4H3,(H,26,28). The molecule has 0 aliphatic carbocycles. The van der Waals surface area contributed by atoms with Gasteiger partial charge in [-0.05, 0) is 39.3 Å². The van der Waals surface area contributed by atoms with E-state index < -0.39 is 17.3 Å². The van der Waals surface area contributed by atoms with E-state index in [9.17, 15) is 18.0 Å². The van der Waals surface area contributed by atoms with Crippen LogP contribution in [0, 0.1) is 6.92 Å². The Morgan fingerprint density at radius 3 is 2.43 bits per heavy atom. The molecule has 2 heterocycles. The van der Waals surface area contributed by atoms with Gasteiger partial charge in [0.15, 0.2) is 5.82 Å². The molecule has 3 aromatic rings. The SMILES string of the molecule is CCCc1nc(C(C)(C)NC(=O)c2sc(-c3ccc(C(F)(F)F)cc3)nc2C)no1.